The summed E-state index contributed by atoms with van der Waals surface area (Å²) in [6.45, 7) is 5.25. The Hall–Kier alpha value is -0.623. The van der Waals surface area contributed by atoms with Gasteiger partial charge in [-0.25, -0.2) is 22.0 Å². The summed E-state index contributed by atoms with van der Waals surface area (Å²) in [5.74, 6) is -9.58. The van der Waals surface area contributed by atoms with Gasteiger partial charge in [-0.05, 0) is 11.1 Å². The lowest BCUT2D eigenvalue weighted by molar-refractivity contribution is 0.372. The van der Waals surface area contributed by atoms with E-state index in [1.807, 2.05) is 0 Å². The standard InChI is InChI=1S/C11H11ClF5Si/c1-11(2,3)18(12)4-5-6(13)8(15)10(17)9(16)7(5)14/h4H2,1-3H3. The third-order valence-corrected chi connectivity index (χ3v) is 6.84. The molecule has 7 heteroatoms. The van der Waals surface area contributed by atoms with Gasteiger partial charge in [-0.2, -0.15) is 11.1 Å². The summed E-state index contributed by atoms with van der Waals surface area (Å²) in [7, 11) is -1.81. The van der Waals surface area contributed by atoms with Gasteiger partial charge in [-0.3, -0.25) is 0 Å². The molecule has 0 amide bonds. The fourth-order valence-electron chi connectivity index (χ4n) is 1.23. The number of rotatable bonds is 2. The highest BCUT2D eigenvalue weighted by Gasteiger charge is 2.31. The Bertz CT molecular complexity index is 440. The van der Waals surface area contributed by atoms with Crippen LogP contribution in [0.3, 0.4) is 0 Å². The van der Waals surface area contributed by atoms with E-state index in [4.69, 9.17) is 11.1 Å². The maximum atomic E-state index is 13.4. The van der Waals surface area contributed by atoms with E-state index >= 15 is 0 Å². The van der Waals surface area contributed by atoms with Crippen LogP contribution in [-0.2, 0) is 6.04 Å². The summed E-state index contributed by atoms with van der Waals surface area (Å²) in [5, 5.41) is -0.424. The third kappa shape index (κ3) is 2.85. The van der Waals surface area contributed by atoms with Crippen LogP contribution in [-0.4, -0.2) is 8.11 Å². The van der Waals surface area contributed by atoms with E-state index < -0.39 is 47.8 Å². The molecule has 1 aromatic rings. The first-order valence-corrected chi connectivity index (χ1v) is 7.81. The van der Waals surface area contributed by atoms with Crippen LogP contribution in [0.15, 0.2) is 0 Å². The van der Waals surface area contributed by atoms with Gasteiger partial charge in [0.1, 0.15) is 0 Å². The molecule has 0 aliphatic heterocycles. The molecular weight excluding hydrogens is 291 g/mol. The van der Waals surface area contributed by atoms with Crippen LogP contribution in [0.5, 0.6) is 0 Å². The molecule has 0 saturated carbocycles. The molecule has 18 heavy (non-hydrogen) atoms. The van der Waals surface area contributed by atoms with E-state index in [9.17, 15) is 22.0 Å². The predicted octanol–water partition coefficient (Wildman–Crippen LogP) is 4.49. The topological polar surface area (TPSA) is 0 Å². The van der Waals surface area contributed by atoms with E-state index in [-0.39, 0.29) is 6.04 Å². The summed E-state index contributed by atoms with van der Waals surface area (Å²) < 4.78 is 65.5. The van der Waals surface area contributed by atoms with Gasteiger partial charge < -0.3 is 0 Å². The fourth-order valence-corrected chi connectivity index (χ4v) is 2.78. The molecule has 1 rings (SSSR count). The van der Waals surface area contributed by atoms with Crippen molar-refractivity contribution < 1.29 is 22.0 Å². The highest BCUT2D eigenvalue weighted by molar-refractivity contribution is 7.08. The van der Waals surface area contributed by atoms with E-state index in [1.165, 1.54) is 0 Å². The molecule has 0 heterocycles. The van der Waals surface area contributed by atoms with E-state index in [1.54, 1.807) is 20.8 Å². The average molecular weight is 302 g/mol. The molecule has 0 atom stereocenters. The molecule has 1 aromatic carbocycles. The molecule has 0 bridgehead atoms. The summed E-state index contributed by atoms with van der Waals surface area (Å²) >= 11 is 6.01. The first-order chi connectivity index (χ1) is 8.07. The Balaban J connectivity index is 3.26. The van der Waals surface area contributed by atoms with Crippen LogP contribution in [0, 0.1) is 29.1 Å². The van der Waals surface area contributed by atoms with E-state index in [2.05, 4.69) is 0 Å². The second kappa shape index (κ2) is 5.17. The van der Waals surface area contributed by atoms with Gasteiger partial charge in [-0.1, -0.05) is 20.8 Å². The number of hydrogen-bond donors (Lipinski definition) is 0. The van der Waals surface area contributed by atoms with Crippen molar-refractivity contribution in [1.82, 2.24) is 0 Å². The zero-order valence-corrected chi connectivity index (χ0v) is 11.7. The summed E-state index contributed by atoms with van der Waals surface area (Å²) in [6.07, 6.45) is 0. The van der Waals surface area contributed by atoms with Crippen LogP contribution in [0.4, 0.5) is 22.0 Å². The number of halogens is 6. The highest BCUT2D eigenvalue weighted by Crippen LogP contribution is 2.33. The Kier molecular flexibility index (Phi) is 4.43. The van der Waals surface area contributed by atoms with Crippen molar-refractivity contribution in [2.45, 2.75) is 31.9 Å². The molecule has 0 saturated heterocycles. The lowest BCUT2D eigenvalue weighted by Crippen LogP contribution is -2.24. The van der Waals surface area contributed by atoms with Crippen molar-refractivity contribution in [3.8, 4) is 0 Å². The van der Waals surface area contributed by atoms with Crippen molar-refractivity contribution in [3.05, 3.63) is 34.6 Å². The van der Waals surface area contributed by atoms with Gasteiger partial charge in [0.05, 0.1) is 0 Å². The summed E-state index contributed by atoms with van der Waals surface area (Å²) in [5.41, 5.74) is -0.829. The van der Waals surface area contributed by atoms with Crippen molar-refractivity contribution in [2.75, 3.05) is 0 Å². The van der Waals surface area contributed by atoms with Gasteiger partial charge in [0.25, 0.3) is 0 Å². The molecule has 101 valence electrons. The van der Waals surface area contributed by atoms with Gasteiger partial charge in [0.15, 0.2) is 31.4 Å². The number of benzene rings is 1. The summed E-state index contributed by atoms with van der Waals surface area (Å²) in [6, 6.07) is -0.332. The SMILES string of the molecule is CC(C)(C)[Si](Cl)Cc1c(F)c(F)c(F)c(F)c1F. The lowest BCUT2D eigenvalue weighted by atomic mass is 10.2. The van der Waals surface area contributed by atoms with Crippen LogP contribution >= 0.6 is 11.1 Å². The third-order valence-electron chi connectivity index (χ3n) is 2.45. The van der Waals surface area contributed by atoms with E-state index in [0.29, 0.717) is 0 Å². The first kappa shape index (κ1) is 15.4. The van der Waals surface area contributed by atoms with Gasteiger partial charge in [0, 0.05) is 5.56 Å². The molecule has 0 fully saturated rings. The largest absolute Gasteiger partial charge is 0.203 e. The molecule has 0 aliphatic rings. The number of hydrogen-bond acceptors (Lipinski definition) is 0. The molecule has 0 nitrogen and oxygen atoms in total. The normalized spacial score (nSPS) is 12.3. The average Bonchev–Trinajstić information content (AvgIpc) is 2.28. The molecule has 0 spiro atoms. The second-order valence-corrected chi connectivity index (χ2v) is 8.91. The minimum absolute atomic E-state index is 0.332. The van der Waals surface area contributed by atoms with Crippen molar-refractivity contribution in [1.29, 1.82) is 0 Å². The molecule has 0 N–H and O–H groups in total. The van der Waals surface area contributed by atoms with Crippen molar-refractivity contribution in [3.63, 3.8) is 0 Å². The maximum Gasteiger partial charge on any atom is 0.200 e. The van der Waals surface area contributed by atoms with Gasteiger partial charge >= 0.3 is 0 Å². The monoisotopic (exact) mass is 301 g/mol. The minimum atomic E-state index is -2.15. The Morgan fingerprint density at radius 3 is 1.50 bits per heavy atom. The Morgan fingerprint density at radius 2 is 1.17 bits per heavy atom. The fraction of sp³-hybridized carbons (Fsp3) is 0.455. The van der Waals surface area contributed by atoms with Crippen LogP contribution < -0.4 is 0 Å². The minimum Gasteiger partial charge on any atom is -0.203 e. The van der Waals surface area contributed by atoms with Gasteiger partial charge in [-0.15, -0.1) is 0 Å². The first-order valence-electron chi connectivity index (χ1n) is 5.09. The molecule has 0 aromatic heterocycles. The highest BCUT2D eigenvalue weighted by atomic mass is 35.6. The van der Waals surface area contributed by atoms with E-state index in [0.717, 1.165) is 0 Å². The van der Waals surface area contributed by atoms with Crippen LogP contribution in [0.2, 0.25) is 5.04 Å². The van der Waals surface area contributed by atoms with Gasteiger partial charge in [0.2, 0.25) is 5.82 Å². The second-order valence-electron chi connectivity index (χ2n) is 4.88. The quantitative estimate of drug-likeness (QED) is 0.248. The Labute approximate surface area is 108 Å². The zero-order valence-electron chi connectivity index (χ0n) is 9.97. The molecule has 0 aliphatic carbocycles. The molecule has 1 radical (unpaired) electrons. The smallest absolute Gasteiger partial charge is 0.200 e. The summed E-state index contributed by atoms with van der Waals surface area (Å²) in [4.78, 5) is 0. The molecule has 0 unspecified atom stereocenters. The van der Waals surface area contributed by atoms with Crippen molar-refractivity contribution in [2.24, 2.45) is 0 Å². The predicted molar refractivity (Wildman–Crippen MR) is 61.3 cm³/mol. The Morgan fingerprint density at radius 1 is 0.833 bits per heavy atom. The van der Waals surface area contributed by atoms with Crippen molar-refractivity contribution >= 4 is 19.2 Å². The lowest BCUT2D eigenvalue weighted by Gasteiger charge is -2.23. The molecular formula is C11H11ClF5Si. The zero-order chi connectivity index (χ0) is 14.2. The van der Waals surface area contributed by atoms with Crippen LogP contribution in [0.1, 0.15) is 26.3 Å². The van der Waals surface area contributed by atoms with Crippen LogP contribution in [0.25, 0.3) is 0 Å². The maximum absolute atomic E-state index is 13.4.